The Morgan fingerprint density at radius 2 is 1.85 bits per heavy atom. The van der Waals surface area contributed by atoms with E-state index >= 15 is 0 Å². The van der Waals surface area contributed by atoms with Crippen molar-refractivity contribution in [3.8, 4) is 0 Å². The fraction of sp³-hybridized carbons (Fsp3) is 0.727. The first-order valence-electron chi connectivity index (χ1n) is 4.58. The second kappa shape index (κ2) is 2.84. The monoisotopic (exact) mass is 200 g/mol. The lowest BCUT2D eigenvalue weighted by Crippen LogP contribution is -2.62. The number of hydrogen-bond donors (Lipinski definition) is 0. The van der Waals surface area contributed by atoms with E-state index in [9.17, 15) is 4.79 Å². The van der Waals surface area contributed by atoms with Crippen molar-refractivity contribution in [1.29, 1.82) is 0 Å². The van der Waals surface area contributed by atoms with Crippen LogP contribution in [0.25, 0.3) is 0 Å². The lowest BCUT2D eigenvalue weighted by atomic mass is 9.50. The summed E-state index contributed by atoms with van der Waals surface area (Å²) < 4.78 is 0. The number of hydrogen-bond acceptors (Lipinski definition) is 1. The average Bonchev–Trinajstić information content (AvgIpc) is 2.00. The van der Waals surface area contributed by atoms with E-state index in [4.69, 9.17) is 11.6 Å². The molecule has 13 heavy (non-hydrogen) atoms. The first-order valence-corrected chi connectivity index (χ1v) is 5.01. The van der Waals surface area contributed by atoms with Crippen molar-refractivity contribution >= 4 is 17.4 Å². The lowest BCUT2D eigenvalue weighted by molar-refractivity contribution is -0.146. The van der Waals surface area contributed by atoms with Crippen LogP contribution in [0.5, 0.6) is 0 Å². The largest absolute Gasteiger partial charge is 0.297 e. The van der Waals surface area contributed by atoms with Gasteiger partial charge in [0.25, 0.3) is 0 Å². The van der Waals surface area contributed by atoms with Crippen LogP contribution in [-0.4, -0.2) is 11.2 Å². The quantitative estimate of drug-likeness (QED) is 0.470. The van der Waals surface area contributed by atoms with Crippen LogP contribution in [0, 0.1) is 10.8 Å². The summed E-state index contributed by atoms with van der Waals surface area (Å²) in [5.41, 5.74) is 0.689. The highest BCUT2D eigenvalue weighted by Gasteiger charge is 2.62. The van der Waals surface area contributed by atoms with Gasteiger partial charge < -0.3 is 0 Å². The summed E-state index contributed by atoms with van der Waals surface area (Å²) in [4.78, 5) is 11.7. The third kappa shape index (κ3) is 1.25. The predicted molar refractivity (Wildman–Crippen MR) is 56.0 cm³/mol. The SMILES string of the molecule is CC(C)=CC1(C)C(=O)C(Cl)C1(C)C. The molecule has 0 radical (unpaired) electrons. The van der Waals surface area contributed by atoms with E-state index in [0.29, 0.717) is 0 Å². The highest BCUT2D eigenvalue weighted by Crippen LogP contribution is 2.57. The molecule has 1 aliphatic rings. The number of ketones is 1. The summed E-state index contributed by atoms with van der Waals surface area (Å²) in [6.45, 7) is 10.1. The maximum Gasteiger partial charge on any atom is 0.161 e. The van der Waals surface area contributed by atoms with E-state index in [0.717, 1.165) is 0 Å². The second-order valence-electron chi connectivity index (χ2n) is 4.87. The van der Waals surface area contributed by atoms with E-state index in [1.807, 2.05) is 40.7 Å². The Morgan fingerprint density at radius 3 is 2.15 bits per heavy atom. The molecule has 1 aliphatic carbocycles. The Bertz CT molecular complexity index is 274. The number of carbonyl (C=O) groups is 1. The number of allylic oxidation sites excluding steroid dienone is 2. The Kier molecular flexibility index (Phi) is 2.36. The van der Waals surface area contributed by atoms with Gasteiger partial charge in [0.05, 0.1) is 10.8 Å². The number of alkyl halides is 1. The van der Waals surface area contributed by atoms with Crippen LogP contribution in [-0.2, 0) is 4.79 Å². The maximum absolute atomic E-state index is 11.7. The van der Waals surface area contributed by atoms with Crippen LogP contribution in [0.4, 0.5) is 0 Å². The number of Topliss-reactive ketones (excluding diaryl/α,β-unsaturated/α-hetero) is 1. The summed E-state index contributed by atoms with van der Waals surface area (Å²) >= 11 is 5.98. The zero-order chi connectivity index (χ0) is 10.4. The molecule has 0 bridgehead atoms. The zero-order valence-electron chi connectivity index (χ0n) is 8.94. The minimum Gasteiger partial charge on any atom is -0.297 e. The highest BCUT2D eigenvalue weighted by atomic mass is 35.5. The van der Waals surface area contributed by atoms with Gasteiger partial charge in [0.1, 0.15) is 0 Å². The smallest absolute Gasteiger partial charge is 0.161 e. The van der Waals surface area contributed by atoms with Gasteiger partial charge in [-0.05, 0) is 20.8 Å². The molecule has 1 rings (SSSR count). The van der Waals surface area contributed by atoms with Crippen LogP contribution in [0.3, 0.4) is 0 Å². The Balaban J connectivity index is 3.06. The minimum absolute atomic E-state index is 0.122. The number of halogens is 1. The Labute approximate surface area is 85.2 Å². The summed E-state index contributed by atoms with van der Waals surface area (Å²) in [5.74, 6) is 0.153. The van der Waals surface area contributed by atoms with E-state index < -0.39 is 0 Å². The van der Waals surface area contributed by atoms with Crippen molar-refractivity contribution in [3.63, 3.8) is 0 Å². The topological polar surface area (TPSA) is 17.1 Å². The van der Waals surface area contributed by atoms with Crippen molar-refractivity contribution in [1.82, 2.24) is 0 Å². The second-order valence-corrected chi connectivity index (χ2v) is 5.31. The number of carbonyl (C=O) groups excluding carboxylic acids is 1. The van der Waals surface area contributed by atoms with Gasteiger partial charge >= 0.3 is 0 Å². The van der Waals surface area contributed by atoms with E-state index in [1.54, 1.807) is 0 Å². The van der Waals surface area contributed by atoms with Crippen molar-refractivity contribution < 1.29 is 4.79 Å². The van der Waals surface area contributed by atoms with E-state index in [1.165, 1.54) is 5.57 Å². The first-order chi connectivity index (χ1) is 5.73. The third-order valence-electron chi connectivity index (χ3n) is 3.29. The fourth-order valence-corrected chi connectivity index (χ4v) is 2.38. The predicted octanol–water partition coefficient (Wildman–Crippen LogP) is 3.18. The molecule has 0 amide bonds. The minimum atomic E-state index is -0.363. The molecular weight excluding hydrogens is 184 g/mol. The number of rotatable bonds is 1. The molecule has 0 aromatic rings. The third-order valence-corrected chi connectivity index (χ3v) is 4.04. The van der Waals surface area contributed by atoms with Crippen molar-refractivity contribution in [3.05, 3.63) is 11.6 Å². The average molecular weight is 201 g/mol. The maximum atomic E-state index is 11.7. The van der Waals surface area contributed by atoms with Gasteiger partial charge in [-0.3, -0.25) is 4.79 Å². The summed E-state index contributed by atoms with van der Waals surface area (Å²) in [5, 5.41) is -0.326. The van der Waals surface area contributed by atoms with Crippen molar-refractivity contribution in [2.24, 2.45) is 10.8 Å². The molecule has 1 saturated carbocycles. The van der Waals surface area contributed by atoms with Gasteiger partial charge in [-0.2, -0.15) is 0 Å². The van der Waals surface area contributed by atoms with Crippen molar-refractivity contribution in [2.45, 2.75) is 40.0 Å². The zero-order valence-corrected chi connectivity index (χ0v) is 9.70. The van der Waals surface area contributed by atoms with Gasteiger partial charge in [0.15, 0.2) is 5.78 Å². The van der Waals surface area contributed by atoms with E-state index in [2.05, 4.69) is 0 Å². The van der Waals surface area contributed by atoms with Crippen molar-refractivity contribution in [2.75, 3.05) is 0 Å². The standard InChI is InChI=1S/C11H17ClO/c1-7(2)6-11(5)9(13)8(12)10(11,3)4/h6,8H,1-5H3. The van der Waals surface area contributed by atoms with Crippen LogP contribution in [0.2, 0.25) is 0 Å². The summed E-state index contributed by atoms with van der Waals surface area (Å²) in [7, 11) is 0. The van der Waals surface area contributed by atoms with Crippen LogP contribution < -0.4 is 0 Å². The summed E-state index contributed by atoms with van der Waals surface area (Å²) in [6.07, 6.45) is 2.04. The van der Waals surface area contributed by atoms with Gasteiger partial charge in [0.2, 0.25) is 0 Å². The molecule has 2 heteroatoms. The molecule has 0 aromatic carbocycles. The van der Waals surface area contributed by atoms with Gasteiger partial charge in [0, 0.05) is 5.41 Å². The highest BCUT2D eigenvalue weighted by molar-refractivity contribution is 6.35. The molecule has 0 heterocycles. The van der Waals surface area contributed by atoms with Gasteiger partial charge in [-0.15, -0.1) is 11.6 Å². The Morgan fingerprint density at radius 1 is 1.38 bits per heavy atom. The molecule has 1 fully saturated rings. The molecule has 2 atom stereocenters. The first kappa shape index (κ1) is 10.8. The molecule has 1 nitrogen and oxygen atoms in total. The fourth-order valence-electron chi connectivity index (χ4n) is 1.93. The van der Waals surface area contributed by atoms with E-state index in [-0.39, 0.29) is 22.0 Å². The van der Waals surface area contributed by atoms with Crippen LogP contribution in [0.15, 0.2) is 11.6 Å². The molecule has 74 valence electrons. The van der Waals surface area contributed by atoms with Gasteiger partial charge in [-0.25, -0.2) is 0 Å². The molecule has 0 aromatic heterocycles. The molecule has 0 N–H and O–H groups in total. The molecule has 2 unspecified atom stereocenters. The molecule has 0 saturated heterocycles. The van der Waals surface area contributed by atoms with Crippen LogP contribution in [0.1, 0.15) is 34.6 Å². The van der Waals surface area contributed by atoms with Gasteiger partial charge in [-0.1, -0.05) is 25.5 Å². The lowest BCUT2D eigenvalue weighted by Gasteiger charge is -2.54. The Hall–Kier alpha value is -0.300. The molecule has 0 spiro atoms. The normalized spacial score (nSPS) is 36.8. The summed E-state index contributed by atoms with van der Waals surface area (Å²) in [6, 6.07) is 0. The molecular formula is C11H17ClO. The van der Waals surface area contributed by atoms with Crippen LogP contribution >= 0.6 is 11.6 Å². The molecule has 0 aliphatic heterocycles.